The molecule has 2 rings (SSSR count). The summed E-state index contributed by atoms with van der Waals surface area (Å²) in [5, 5.41) is 29.3. The van der Waals surface area contributed by atoms with Crippen LogP contribution in [0.25, 0.3) is 6.08 Å². The highest BCUT2D eigenvalue weighted by Gasteiger charge is 2.23. The van der Waals surface area contributed by atoms with Crippen molar-refractivity contribution in [2.45, 2.75) is 12.2 Å². The second kappa shape index (κ2) is 8.86. The minimum atomic E-state index is -1.09. The number of rotatable bonds is 8. The molecule has 6 nitrogen and oxygen atoms in total. The number of aldehydes is 1. The fourth-order valence-corrected chi connectivity index (χ4v) is 2.29. The lowest BCUT2D eigenvalue weighted by atomic mass is 10.0. The second-order valence-corrected chi connectivity index (χ2v) is 5.28. The van der Waals surface area contributed by atoms with E-state index in [2.05, 4.69) is 0 Å². The van der Waals surface area contributed by atoms with Crippen molar-refractivity contribution in [3.8, 4) is 17.2 Å². The Balaban J connectivity index is 2.21. The molecule has 0 bridgehead atoms. The van der Waals surface area contributed by atoms with Gasteiger partial charge in [0.25, 0.3) is 0 Å². The first-order valence-electron chi connectivity index (χ1n) is 7.63. The molecular weight excluding hydrogens is 324 g/mol. The van der Waals surface area contributed by atoms with Crippen LogP contribution >= 0.6 is 0 Å². The van der Waals surface area contributed by atoms with Gasteiger partial charge in [0.15, 0.2) is 17.6 Å². The Kier molecular flexibility index (Phi) is 6.56. The predicted molar refractivity (Wildman–Crippen MR) is 92.7 cm³/mol. The second-order valence-electron chi connectivity index (χ2n) is 5.28. The van der Waals surface area contributed by atoms with Crippen molar-refractivity contribution in [1.29, 1.82) is 0 Å². The summed E-state index contributed by atoms with van der Waals surface area (Å²) in [6.07, 6.45) is 1.64. The molecule has 3 N–H and O–H groups in total. The zero-order valence-electron chi connectivity index (χ0n) is 13.7. The fraction of sp³-hybridized carbons (Fsp3) is 0.211. The minimum absolute atomic E-state index is 0.0815. The highest BCUT2D eigenvalue weighted by molar-refractivity contribution is 5.74. The molecule has 0 aliphatic carbocycles. The first-order valence-corrected chi connectivity index (χ1v) is 7.63. The van der Waals surface area contributed by atoms with Crippen LogP contribution in [-0.4, -0.2) is 41.4 Å². The van der Waals surface area contributed by atoms with Crippen molar-refractivity contribution in [2.24, 2.45) is 0 Å². The molecule has 0 aliphatic rings. The Morgan fingerprint density at radius 1 is 1.12 bits per heavy atom. The third-order valence-corrected chi connectivity index (χ3v) is 3.60. The predicted octanol–water partition coefficient (Wildman–Crippen LogP) is 2.09. The third-order valence-electron chi connectivity index (χ3n) is 3.60. The Hall–Kier alpha value is -2.83. The van der Waals surface area contributed by atoms with Gasteiger partial charge in [-0.1, -0.05) is 24.3 Å². The first kappa shape index (κ1) is 18.5. The van der Waals surface area contributed by atoms with E-state index < -0.39 is 18.8 Å². The Bertz CT molecular complexity index is 723. The number of phenolic OH excluding ortho intramolecular Hbond substituents is 1. The molecule has 0 fully saturated rings. The van der Waals surface area contributed by atoms with Crippen LogP contribution in [-0.2, 0) is 4.79 Å². The smallest absolute Gasteiger partial charge is 0.161 e. The number of ether oxygens (including phenoxy) is 2. The van der Waals surface area contributed by atoms with E-state index in [0.717, 1.165) is 5.56 Å². The number of hydrogen-bond donors (Lipinski definition) is 3. The summed E-state index contributed by atoms with van der Waals surface area (Å²) in [7, 11) is 1.47. The summed E-state index contributed by atoms with van der Waals surface area (Å²) < 4.78 is 11.0. The van der Waals surface area contributed by atoms with Crippen LogP contribution in [0.5, 0.6) is 17.2 Å². The van der Waals surface area contributed by atoms with E-state index in [0.29, 0.717) is 23.3 Å². The molecule has 6 heteroatoms. The number of methoxy groups -OCH3 is 1. The standard InChI is InChI=1S/C19H20O6/c1-24-17-11-13(3-2-10-20)4-9-16(17)25-18(12-21)19(23)14-5-7-15(22)8-6-14/h2-11,18-19,21-23H,12H2,1H3/b3-2+/t18-,19-/m1/s1. The van der Waals surface area contributed by atoms with Gasteiger partial charge in [-0.15, -0.1) is 0 Å². The topological polar surface area (TPSA) is 96.2 Å². The Morgan fingerprint density at radius 3 is 2.44 bits per heavy atom. The van der Waals surface area contributed by atoms with E-state index in [1.165, 1.54) is 25.3 Å². The molecule has 0 saturated heterocycles. The number of allylic oxidation sites excluding steroid dienone is 1. The van der Waals surface area contributed by atoms with E-state index in [-0.39, 0.29) is 5.75 Å². The van der Waals surface area contributed by atoms with E-state index in [9.17, 15) is 20.1 Å². The molecule has 0 saturated carbocycles. The monoisotopic (exact) mass is 344 g/mol. The summed E-state index contributed by atoms with van der Waals surface area (Å²) in [6.45, 7) is -0.419. The van der Waals surface area contributed by atoms with Crippen molar-refractivity contribution < 1.29 is 29.6 Å². The van der Waals surface area contributed by atoms with Gasteiger partial charge in [-0.2, -0.15) is 0 Å². The lowest BCUT2D eigenvalue weighted by Gasteiger charge is -2.24. The molecule has 0 heterocycles. The van der Waals surface area contributed by atoms with Crippen LogP contribution in [0.4, 0.5) is 0 Å². The van der Waals surface area contributed by atoms with Gasteiger partial charge in [-0.25, -0.2) is 0 Å². The van der Waals surface area contributed by atoms with Crippen molar-refractivity contribution >= 4 is 12.4 Å². The number of carbonyl (C=O) groups excluding carboxylic acids is 1. The molecule has 0 spiro atoms. The van der Waals surface area contributed by atoms with Crippen LogP contribution in [0.15, 0.2) is 48.5 Å². The number of aromatic hydroxyl groups is 1. The van der Waals surface area contributed by atoms with Gasteiger partial charge in [-0.3, -0.25) is 4.79 Å². The van der Waals surface area contributed by atoms with Gasteiger partial charge in [0.2, 0.25) is 0 Å². The van der Waals surface area contributed by atoms with Gasteiger partial charge in [0.1, 0.15) is 18.1 Å². The van der Waals surface area contributed by atoms with Gasteiger partial charge < -0.3 is 24.8 Å². The maximum Gasteiger partial charge on any atom is 0.161 e. The molecule has 2 atom stereocenters. The van der Waals surface area contributed by atoms with E-state index in [1.807, 2.05) is 0 Å². The highest BCUT2D eigenvalue weighted by atomic mass is 16.5. The maximum atomic E-state index is 10.4. The largest absolute Gasteiger partial charge is 0.508 e. The molecule has 2 aromatic rings. The number of carbonyl (C=O) groups is 1. The average Bonchev–Trinajstić information content (AvgIpc) is 2.64. The van der Waals surface area contributed by atoms with E-state index >= 15 is 0 Å². The summed E-state index contributed by atoms with van der Waals surface area (Å²) in [5.74, 6) is 0.838. The van der Waals surface area contributed by atoms with Crippen LogP contribution in [0.3, 0.4) is 0 Å². The SMILES string of the molecule is COc1cc(/C=C/C=O)ccc1O[C@H](CO)[C@H](O)c1ccc(O)cc1. The van der Waals surface area contributed by atoms with Crippen molar-refractivity contribution in [3.05, 3.63) is 59.7 Å². The Morgan fingerprint density at radius 2 is 1.84 bits per heavy atom. The lowest BCUT2D eigenvalue weighted by molar-refractivity contribution is -0.104. The zero-order valence-corrected chi connectivity index (χ0v) is 13.7. The molecule has 0 unspecified atom stereocenters. The third kappa shape index (κ3) is 4.82. The maximum absolute atomic E-state index is 10.4. The average molecular weight is 344 g/mol. The normalized spacial score (nSPS) is 13.4. The molecule has 132 valence electrons. The number of hydrogen-bond acceptors (Lipinski definition) is 6. The number of benzene rings is 2. The molecule has 0 aromatic heterocycles. The van der Waals surface area contributed by atoms with Crippen LogP contribution in [0.2, 0.25) is 0 Å². The lowest BCUT2D eigenvalue weighted by Crippen LogP contribution is -2.29. The molecule has 0 aliphatic heterocycles. The molecule has 0 radical (unpaired) electrons. The Labute approximate surface area is 145 Å². The van der Waals surface area contributed by atoms with Gasteiger partial charge in [0, 0.05) is 0 Å². The zero-order chi connectivity index (χ0) is 18.2. The van der Waals surface area contributed by atoms with Crippen molar-refractivity contribution in [3.63, 3.8) is 0 Å². The summed E-state index contributed by atoms with van der Waals surface area (Å²) in [6, 6.07) is 11.0. The highest BCUT2D eigenvalue weighted by Crippen LogP contribution is 2.32. The van der Waals surface area contributed by atoms with E-state index in [1.54, 1.807) is 36.4 Å². The van der Waals surface area contributed by atoms with Gasteiger partial charge in [0.05, 0.1) is 13.7 Å². The summed E-state index contributed by atoms with van der Waals surface area (Å²) >= 11 is 0. The molecular formula is C19H20O6. The number of aliphatic hydroxyl groups excluding tert-OH is 2. The minimum Gasteiger partial charge on any atom is -0.508 e. The molecule has 2 aromatic carbocycles. The van der Waals surface area contributed by atoms with Gasteiger partial charge in [-0.05, 0) is 41.5 Å². The number of aliphatic hydroxyl groups is 2. The van der Waals surface area contributed by atoms with Crippen molar-refractivity contribution in [2.75, 3.05) is 13.7 Å². The first-order chi connectivity index (χ1) is 12.1. The van der Waals surface area contributed by atoms with E-state index in [4.69, 9.17) is 9.47 Å². The van der Waals surface area contributed by atoms with Gasteiger partial charge >= 0.3 is 0 Å². The fourth-order valence-electron chi connectivity index (χ4n) is 2.29. The summed E-state index contributed by atoms with van der Waals surface area (Å²) in [4.78, 5) is 10.4. The number of phenols is 1. The molecule has 0 amide bonds. The summed E-state index contributed by atoms with van der Waals surface area (Å²) in [5.41, 5.74) is 1.25. The van der Waals surface area contributed by atoms with Crippen molar-refractivity contribution in [1.82, 2.24) is 0 Å². The van der Waals surface area contributed by atoms with Crippen LogP contribution in [0.1, 0.15) is 17.2 Å². The molecule has 25 heavy (non-hydrogen) atoms. The van der Waals surface area contributed by atoms with Crippen LogP contribution in [0, 0.1) is 0 Å². The quantitative estimate of drug-likeness (QED) is 0.501. The van der Waals surface area contributed by atoms with Crippen LogP contribution < -0.4 is 9.47 Å².